The lowest BCUT2D eigenvalue weighted by molar-refractivity contribution is -0.0394. The number of carbonyl (C=O) groups is 1. The van der Waals surface area contributed by atoms with Crippen LogP contribution in [0.15, 0.2) is 36.7 Å². The number of methoxy groups -OCH3 is 1. The molecule has 0 spiro atoms. The average molecular weight is 609 g/mol. The van der Waals surface area contributed by atoms with E-state index in [1.165, 1.54) is 13.2 Å². The highest BCUT2D eigenvalue weighted by Crippen LogP contribution is 2.37. The van der Waals surface area contributed by atoms with Crippen LogP contribution >= 0.6 is 0 Å². The molecule has 2 aromatic heterocycles. The fourth-order valence-corrected chi connectivity index (χ4v) is 5.86. The molecule has 1 saturated carbocycles. The first-order valence-corrected chi connectivity index (χ1v) is 15.4. The van der Waals surface area contributed by atoms with Crippen LogP contribution in [0.4, 0.5) is 15.0 Å². The summed E-state index contributed by atoms with van der Waals surface area (Å²) in [7, 11) is 1.53. The van der Waals surface area contributed by atoms with Gasteiger partial charge in [-0.15, -0.1) is 10.2 Å². The lowest BCUT2D eigenvalue weighted by Crippen LogP contribution is -2.46. The first kappa shape index (κ1) is 30.3. The third kappa shape index (κ3) is 6.81. The molecule has 0 bridgehead atoms. The van der Waals surface area contributed by atoms with Gasteiger partial charge in [0.25, 0.3) is 0 Å². The van der Waals surface area contributed by atoms with E-state index in [2.05, 4.69) is 20.2 Å². The van der Waals surface area contributed by atoms with Gasteiger partial charge in [0, 0.05) is 55.7 Å². The summed E-state index contributed by atoms with van der Waals surface area (Å²) in [6.45, 7) is 7.75. The maximum Gasteiger partial charge on any atom is 0.410 e. The summed E-state index contributed by atoms with van der Waals surface area (Å²) in [5.74, 6) is 0.695. The Morgan fingerprint density at radius 1 is 1.09 bits per heavy atom. The zero-order chi connectivity index (χ0) is 30.8. The van der Waals surface area contributed by atoms with Crippen molar-refractivity contribution in [2.45, 2.75) is 83.2 Å². The van der Waals surface area contributed by atoms with Crippen LogP contribution in [0, 0.1) is 5.82 Å². The molecule has 4 heterocycles. The van der Waals surface area contributed by atoms with Gasteiger partial charge >= 0.3 is 6.09 Å². The molecule has 1 unspecified atom stereocenters. The number of hydrogen-bond donors (Lipinski definition) is 0. The fraction of sp³-hybridized carbons (Fsp3) is 0.562. The van der Waals surface area contributed by atoms with E-state index in [4.69, 9.17) is 18.9 Å². The van der Waals surface area contributed by atoms with Crippen molar-refractivity contribution in [2.75, 3.05) is 38.5 Å². The highest BCUT2D eigenvalue weighted by atomic mass is 19.1. The van der Waals surface area contributed by atoms with Gasteiger partial charge < -0.3 is 28.7 Å². The number of benzene rings is 1. The number of amides is 1. The molecule has 2 saturated heterocycles. The second-order valence-corrected chi connectivity index (χ2v) is 12.7. The Morgan fingerprint density at radius 2 is 1.93 bits per heavy atom. The molecule has 3 aromatic rings. The molecule has 12 heteroatoms. The highest BCUT2D eigenvalue weighted by molar-refractivity contribution is 5.75. The van der Waals surface area contributed by atoms with Crippen LogP contribution in [0.1, 0.15) is 65.5 Å². The number of hydrogen-bond acceptors (Lipinski definition) is 9. The molecule has 0 radical (unpaired) electrons. The fourth-order valence-electron chi connectivity index (χ4n) is 5.86. The van der Waals surface area contributed by atoms with Crippen molar-refractivity contribution in [3.63, 3.8) is 0 Å². The van der Waals surface area contributed by atoms with E-state index >= 15 is 4.39 Å². The average Bonchev–Trinajstić information content (AvgIpc) is 3.50. The standard InChI is InChI=1S/C32H41FN6O5/c1-32(2,3)44-31(40)39(22-8-9-22)23-12-13-37(19-23)29-11-10-27(35-36-29)25-15-26(33)24(16-28(25)43-20-41-4)21-17-34-38(18-21)30-7-5-6-14-42-30/h10-11,15-18,22-23,30H,5-9,12-14,19-20H2,1-4H3/t23-,30?/m1/s1. The summed E-state index contributed by atoms with van der Waals surface area (Å²) >= 11 is 0. The Labute approximate surface area is 257 Å². The monoisotopic (exact) mass is 608 g/mol. The van der Waals surface area contributed by atoms with Crippen molar-refractivity contribution in [2.24, 2.45) is 0 Å². The molecule has 6 rings (SSSR count). The quantitative estimate of drug-likeness (QED) is 0.279. The Bertz CT molecular complexity index is 1450. The van der Waals surface area contributed by atoms with Crippen molar-refractivity contribution >= 4 is 11.9 Å². The summed E-state index contributed by atoms with van der Waals surface area (Å²) in [5, 5.41) is 13.4. The third-order valence-electron chi connectivity index (χ3n) is 8.12. The van der Waals surface area contributed by atoms with E-state index in [-0.39, 0.29) is 31.2 Å². The molecular formula is C32H41FN6O5. The molecule has 1 aliphatic carbocycles. The van der Waals surface area contributed by atoms with Crippen LogP contribution in [0.3, 0.4) is 0 Å². The van der Waals surface area contributed by atoms with E-state index in [1.807, 2.05) is 37.8 Å². The minimum atomic E-state index is -0.542. The number of aromatic nitrogens is 4. The van der Waals surface area contributed by atoms with Gasteiger partial charge in [0.1, 0.15) is 23.4 Å². The van der Waals surface area contributed by atoms with Gasteiger partial charge in [0.15, 0.2) is 12.6 Å². The van der Waals surface area contributed by atoms with Crippen molar-refractivity contribution in [1.82, 2.24) is 24.9 Å². The van der Waals surface area contributed by atoms with Gasteiger partial charge in [0.2, 0.25) is 0 Å². The largest absolute Gasteiger partial charge is 0.467 e. The maximum atomic E-state index is 15.6. The number of rotatable bonds is 9. The number of halogens is 1. The topological polar surface area (TPSA) is 104 Å². The second-order valence-electron chi connectivity index (χ2n) is 12.7. The Balaban J connectivity index is 1.19. The highest BCUT2D eigenvalue weighted by Gasteiger charge is 2.42. The van der Waals surface area contributed by atoms with E-state index in [0.717, 1.165) is 45.1 Å². The normalized spacial score (nSPS) is 20.5. The van der Waals surface area contributed by atoms with Crippen molar-refractivity contribution in [1.29, 1.82) is 0 Å². The molecular weight excluding hydrogens is 567 g/mol. The van der Waals surface area contributed by atoms with E-state index in [9.17, 15) is 4.79 Å². The summed E-state index contributed by atoms with van der Waals surface area (Å²) < 4.78 is 39.9. The summed E-state index contributed by atoms with van der Waals surface area (Å²) in [6.07, 6.45) is 8.87. The van der Waals surface area contributed by atoms with Gasteiger partial charge in [0.05, 0.1) is 17.9 Å². The molecule has 0 N–H and O–H groups in total. The number of carbonyl (C=O) groups excluding carboxylic acids is 1. The predicted octanol–water partition coefficient (Wildman–Crippen LogP) is 5.81. The van der Waals surface area contributed by atoms with Crippen LogP contribution in [-0.2, 0) is 14.2 Å². The summed E-state index contributed by atoms with van der Waals surface area (Å²) in [5.41, 5.74) is 1.39. The zero-order valence-corrected chi connectivity index (χ0v) is 25.9. The first-order chi connectivity index (χ1) is 21.2. The minimum absolute atomic E-state index is 0.0108. The molecule has 236 valence electrons. The van der Waals surface area contributed by atoms with Crippen LogP contribution < -0.4 is 9.64 Å². The van der Waals surface area contributed by atoms with E-state index in [0.29, 0.717) is 47.1 Å². The van der Waals surface area contributed by atoms with E-state index in [1.54, 1.807) is 23.1 Å². The lowest BCUT2D eigenvalue weighted by Gasteiger charge is -2.31. The van der Waals surface area contributed by atoms with Crippen LogP contribution in [0.5, 0.6) is 5.75 Å². The SMILES string of the molecule is COCOc1cc(-c2cnn(C3CCCCO3)c2)c(F)cc1-c1ccc(N2CC[C@@H](N(C(=O)OC(C)(C)C)C3CC3)C2)nn1. The second kappa shape index (κ2) is 12.7. The third-order valence-corrected chi connectivity index (χ3v) is 8.12. The Hall–Kier alpha value is -3.77. The zero-order valence-electron chi connectivity index (χ0n) is 25.9. The molecule has 2 aliphatic heterocycles. The minimum Gasteiger partial charge on any atom is -0.467 e. The van der Waals surface area contributed by atoms with Gasteiger partial charge in [-0.2, -0.15) is 5.10 Å². The predicted molar refractivity (Wildman–Crippen MR) is 162 cm³/mol. The molecule has 11 nitrogen and oxygen atoms in total. The lowest BCUT2D eigenvalue weighted by atomic mass is 10.0. The van der Waals surface area contributed by atoms with Crippen LogP contribution in [-0.4, -0.2) is 82.3 Å². The van der Waals surface area contributed by atoms with Gasteiger partial charge in [-0.1, -0.05) is 0 Å². The van der Waals surface area contributed by atoms with Gasteiger partial charge in [-0.05, 0) is 83.6 Å². The van der Waals surface area contributed by atoms with Crippen molar-refractivity contribution in [3.8, 4) is 28.1 Å². The van der Waals surface area contributed by atoms with Gasteiger partial charge in [-0.3, -0.25) is 0 Å². The number of ether oxygens (including phenoxy) is 4. The molecule has 3 aliphatic rings. The van der Waals surface area contributed by atoms with E-state index < -0.39 is 11.4 Å². The first-order valence-electron chi connectivity index (χ1n) is 15.4. The number of nitrogens with zero attached hydrogens (tertiary/aromatic N) is 6. The molecule has 1 amide bonds. The molecule has 1 aromatic carbocycles. The van der Waals surface area contributed by atoms with Crippen molar-refractivity contribution in [3.05, 3.63) is 42.5 Å². The smallest absolute Gasteiger partial charge is 0.410 e. The maximum absolute atomic E-state index is 15.6. The molecule has 44 heavy (non-hydrogen) atoms. The summed E-state index contributed by atoms with van der Waals surface area (Å²) in [6, 6.07) is 7.04. The van der Waals surface area contributed by atoms with Crippen LogP contribution in [0.25, 0.3) is 22.4 Å². The van der Waals surface area contributed by atoms with Crippen molar-refractivity contribution < 1.29 is 28.1 Å². The number of anilines is 1. The van der Waals surface area contributed by atoms with Crippen LogP contribution in [0.2, 0.25) is 0 Å². The molecule has 2 atom stereocenters. The van der Waals surface area contributed by atoms with Gasteiger partial charge in [-0.25, -0.2) is 13.9 Å². The Morgan fingerprint density at radius 3 is 2.61 bits per heavy atom. The summed E-state index contributed by atoms with van der Waals surface area (Å²) in [4.78, 5) is 17.0. The molecule has 3 fully saturated rings. The Kier molecular flexibility index (Phi) is 8.73.